The number of hydrogen-bond donors (Lipinski definition) is 1. The first-order valence-electron chi connectivity index (χ1n) is 8.38. The summed E-state index contributed by atoms with van der Waals surface area (Å²) in [6.45, 7) is 1.33. The van der Waals surface area contributed by atoms with E-state index >= 15 is 0 Å². The molecule has 1 aliphatic rings. The van der Waals surface area contributed by atoms with E-state index < -0.39 is 0 Å². The Labute approximate surface area is 146 Å². The molecule has 128 valence electrons. The number of carbonyl (C=O) groups excluding carboxylic acids is 1. The molecule has 1 N–H and O–H groups in total. The molecule has 3 aromatic rings. The molecule has 2 aromatic carbocycles. The highest BCUT2D eigenvalue weighted by molar-refractivity contribution is 5.86. The fourth-order valence-corrected chi connectivity index (χ4v) is 3.35. The first kappa shape index (κ1) is 15.6. The summed E-state index contributed by atoms with van der Waals surface area (Å²) >= 11 is 0. The third-order valence-electron chi connectivity index (χ3n) is 4.66. The Hall–Kier alpha value is -2.95. The molecule has 1 aromatic heterocycles. The van der Waals surface area contributed by atoms with Crippen LogP contribution in [0.15, 0.2) is 48.5 Å². The minimum Gasteiger partial charge on any atom is -0.493 e. The van der Waals surface area contributed by atoms with Crippen LogP contribution in [-0.2, 0) is 17.8 Å². The molecule has 4 rings (SSSR count). The smallest absolute Gasteiger partial charge is 0.260 e. The monoisotopic (exact) mass is 336 g/mol. The number of aromatic amines is 1. The Morgan fingerprint density at radius 2 is 1.88 bits per heavy atom. The van der Waals surface area contributed by atoms with Crippen molar-refractivity contribution < 1.29 is 14.3 Å². The highest BCUT2D eigenvalue weighted by Gasteiger charge is 2.24. The first-order valence-corrected chi connectivity index (χ1v) is 8.38. The van der Waals surface area contributed by atoms with Crippen molar-refractivity contribution in [3.63, 3.8) is 0 Å². The van der Waals surface area contributed by atoms with Crippen LogP contribution in [-0.4, -0.2) is 36.1 Å². The average molecular weight is 336 g/mol. The minimum atomic E-state index is -0.0122. The lowest BCUT2D eigenvalue weighted by Gasteiger charge is -2.27. The van der Waals surface area contributed by atoms with Crippen LogP contribution in [0, 0.1) is 0 Å². The van der Waals surface area contributed by atoms with E-state index in [9.17, 15) is 4.79 Å². The maximum Gasteiger partial charge on any atom is 0.260 e. The molecule has 5 nitrogen and oxygen atoms in total. The van der Waals surface area contributed by atoms with Gasteiger partial charge in [0.15, 0.2) is 18.1 Å². The van der Waals surface area contributed by atoms with Gasteiger partial charge in [-0.1, -0.05) is 30.3 Å². The summed E-state index contributed by atoms with van der Waals surface area (Å²) in [5.41, 5.74) is 3.58. The number of aromatic nitrogens is 1. The summed E-state index contributed by atoms with van der Waals surface area (Å²) in [6.07, 6.45) is 0.838. The van der Waals surface area contributed by atoms with Crippen LogP contribution in [0.4, 0.5) is 0 Å². The van der Waals surface area contributed by atoms with Gasteiger partial charge in [0.2, 0.25) is 0 Å². The molecule has 25 heavy (non-hydrogen) atoms. The van der Waals surface area contributed by atoms with Crippen LogP contribution in [0.5, 0.6) is 11.5 Å². The molecule has 0 saturated carbocycles. The third-order valence-corrected chi connectivity index (χ3v) is 4.66. The summed E-state index contributed by atoms with van der Waals surface area (Å²) in [6, 6.07) is 15.6. The second kappa shape index (κ2) is 6.51. The normalized spacial score (nSPS) is 13.6. The van der Waals surface area contributed by atoms with Crippen LogP contribution in [0.3, 0.4) is 0 Å². The van der Waals surface area contributed by atoms with Crippen LogP contribution in [0.1, 0.15) is 11.3 Å². The van der Waals surface area contributed by atoms with Gasteiger partial charge in [-0.25, -0.2) is 0 Å². The van der Waals surface area contributed by atoms with Gasteiger partial charge < -0.3 is 19.4 Å². The summed E-state index contributed by atoms with van der Waals surface area (Å²) in [5, 5.41) is 1.20. The summed E-state index contributed by atoms with van der Waals surface area (Å²) in [7, 11) is 1.59. The number of H-pyrrole nitrogens is 1. The van der Waals surface area contributed by atoms with E-state index in [1.54, 1.807) is 13.2 Å². The molecular formula is C20H20N2O3. The van der Waals surface area contributed by atoms with Crippen molar-refractivity contribution in [1.29, 1.82) is 0 Å². The van der Waals surface area contributed by atoms with Gasteiger partial charge in [0, 0.05) is 41.7 Å². The fourth-order valence-electron chi connectivity index (χ4n) is 3.35. The lowest BCUT2D eigenvalue weighted by Crippen LogP contribution is -2.38. The molecule has 0 radical (unpaired) electrons. The molecular weight excluding hydrogens is 316 g/mol. The van der Waals surface area contributed by atoms with Gasteiger partial charge in [-0.05, 0) is 18.2 Å². The van der Waals surface area contributed by atoms with Crippen molar-refractivity contribution in [2.24, 2.45) is 0 Å². The lowest BCUT2D eigenvalue weighted by molar-refractivity contribution is -0.134. The van der Waals surface area contributed by atoms with E-state index in [0.29, 0.717) is 24.6 Å². The second-order valence-corrected chi connectivity index (χ2v) is 6.13. The van der Waals surface area contributed by atoms with E-state index in [1.165, 1.54) is 16.6 Å². The average Bonchev–Trinajstić information content (AvgIpc) is 3.04. The van der Waals surface area contributed by atoms with E-state index in [-0.39, 0.29) is 12.5 Å². The van der Waals surface area contributed by atoms with Crippen molar-refractivity contribution in [3.05, 3.63) is 59.8 Å². The van der Waals surface area contributed by atoms with Crippen LogP contribution < -0.4 is 9.47 Å². The van der Waals surface area contributed by atoms with E-state index in [2.05, 4.69) is 17.1 Å². The first-order chi connectivity index (χ1) is 12.3. The SMILES string of the molecule is COc1ccccc1OCC(=O)N1CCc2[nH]c3ccccc3c2C1. The standard InChI is InChI=1S/C20H20N2O3/c1-24-18-8-4-5-9-19(18)25-13-20(23)22-11-10-17-15(12-22)14-6-2-3-7-16(14)21-17/h2-9,21H,10-13H2,1H3. The van der Waals surface area contributed by atoms with Gasteiger partial charge in [0.25, 0.3) is 5.91 Å². The number of hydrogen-bond acceptors (Lipinski definition) is 3. The number of ether oxygens (including phenoxy) is 2. The molecule has 0 aliphatic carbocycles. The molecule has 0 atom stereocenters. The van der Waals surface area contributed by atoms with Crippen molar-refractivity contribution in [1.82, 2.24) is 9.88 Å². The number of nitrogens with zero attached hydrogens (tertiary/aromatic N) is 1. The third kappa shape index (κ3) is 2.93. The van der Waals surface area contributed by atoms with Crippen LogP contribution >= 0.6 is 0 Å². The van der Waals surface area contributed by atoms with E-state index in [1.807, 2.05) is 35.2 Å². The Balaban J connectivity index is 1.47. The maximum atomic E-state index is 12.6. The zero-order valence-electron chi connectivity index (χ0n) is 14.1. The highest BCUT2D eigenvalue weighted by Crippen LogP contribution is 2.28. The summed E-state index contributed by atoms with van der Waals surface area (Å²) in [5.74, 6) is 1.21. The Kier molecular flexibility index (Phi) is 4.06. The van der Waals surface area contributed by atoms with E-state index in [0.717, 1.165) is 11.9 Å². The van der Waals surface area contributed by atoms with Crippen molar-refractivity contribution in [2.75, 3.05) is 20.3 Å². The van der Waals surface area contributed by atoms with Crippen molar-refractivity contribution in [3.8, 4) is 11.5 Å². The maximum absolute atomic E-state index is 12.6. The molecule has 5 heteroatoms. The van der Waals surface area contributed by atoms with Crippen LogP contribution in [0.2, 0.25) is 0 Å². The minimum absolute atomic E-state index is 0.0120. The molecule has 0 fully saturated rings. The van der Waals surface area contributed by atoms with Gasteiger partial charge in [-0.15, -0.1) is 0 Å². The molecule has 0 unspecified atom stereocenters. The molecule has 2 heterocycles. The Morgan fingerprint density at radius 3 is 2.72 bits per heavy atom. The predicted octanol–water partition coefficient (Wildman–Crippen LogP) is 3.14. The number of fused-ring (bicyclic) bond motifs is 3. The van der Waals surface area contributed by atoms with E-state index in [4.69, 9.17) is 9.47 Å². The van der Waals surface area contributed by atoms with Gasteiger partial charge in [0.1, 0.15) is 0 Å². The zero-order valence-corrected chi connectivity index (χ0v) is 14.1. The van der Waals surface area contributed by atoms with Crippen molar-refractivity contribution in [2.45, 2.75) is 13.0 Å². The summed E-state index contributed by atoms with van der Waals surface area (Å²) < 4.78 is 10.9. The number of benzene rings is 2. The molecule has 1 aliphatic heterocycles. The van der Waals surface area contributed by atoms with Gasteiger partial charge in [0.05, 0.1) is 7.11 Å². The molecule has 1 amide bonds. The highest BCUT2D eigenvalue weighted by atomic mass is 16.5. The number of carbonyl (C=O) groups is 1. The fraction of sp³-hybridized carbons (Fsp3) is 0.250. The topological polar surface area (TPSA) is 54.6 Å². The number of amides is 1. The number of rotatable bonds is 4. The zero-order chi connectivity index (χ0) is 17.2. The largest absolute Gasteiger partial charge is 0.493 e. The predicted molar refractivity (Wildman–Crippen MR) is 95.9 cm³/mol. The molecule has 0 bridgehead atoms. The molecule has 0 saturated heterocycles. The Morgan fingerprint density at radius 1 is 1.12 bits per heavy atom. The molecule has 0 spiro atoms. The van der Waals surface area contributed by atoms with Gasteiger partial charge >= 0.3 is 0 Å². The lowest BCUT2D eigenvalue weighted by atomic mass is 10.0. The summed E-state index contributed by atoms with van der Waals surface area (Å²) in [4.78, 5) is 17.9. The Bertz CT molecular complexity index is 916. The second-order valence-electron chi connectivity index (χ2n) is 6.13. The van der Waals surface area contributed by atoms with Crippen LogP contribution in [0.25, 0.3) is 10.9 Å². The number of nitrogens with one attached hydrogen (secondary N) is 1. The van der Waals surface area contributed by atoms with Gasteiger partial charge in [-0.3, -0.25) is 4.79 Å². The quantitative estimate of drug-likeness (QED) is 0.796. The van der Waals surface area contributed by atoms with Gasteiger partial charge in [-0.2, -0.15) is 0 Å². The van der Waals surface area contributed by atoms with Crippen molar-refractivity contribution >= 4 is 16.8 Å². The number of para-hydroxylation sites is 3. The number of methoxy groups -OCH3 is 1.